The number of rotatable bonds is 3. The van der Waals surface area contributed by atoms with Crippen LogP contribution < -0.4 is 5.32 Å². The van der Waals surface area contributed by atoms with E-state index in [1.54, 1.807) is 13.0 Å². The monoisotopic (exact) mass is 333 g/mol. The molecule has 0 atom stereocenters. The largest absolute Gasteiger partial charge is 0.380 e. The fourth-order valence-electron chi connectivity index (χ4n) is 1.98. The van der Waals surface area contributed by atoms with Crippen LogP contribution in [-0.2, 0) is 6.54 Å². The predicted molar refractivity (Wildman–Crippen MR) is 79.9 cm³/mol. The summed E-state index contributed by atoms with van der Waals surface area (Å²) in [5.41, 5.74) is 3.55. The minimum absolute atomic E-state index is 0.285. The molecule has 3 nitrogen and oxygen atoms in total. The average Bonchev–Trinajstić information content (AvgIpc) is 2.39. The summed E-state index contributed by atoms with van der Waals surface area (Å²) in [6.45, 7) is 4.10. The topological polar surface area (TPSA) is 48.7 Å². The van der Waals surface area contributed by atoms with E-state index in [-0.39, 0.29) is 5.82 Å². The summed E-state index contributed by atoms with van der Waals surface area (Å²) >= 11 is 3.38. The number of benzene rings is 1. The Bertz CT molecular complexity index is 692. The first-order valence-corrected chi connectivity index (χ1v) is 6.86. The van der Waals surface area contributed by atoms with Gasteiger partial charge in [0.05, 0.1) is 16.9 Å². The second kappa shape index (κ2) is 6.02. The third-order valence-electron chi connectivity index (χ3n) is 2.92. The van der Waals surface area contributed by atoms with Crippen molar-refractivity contribution in [1.29, 1.82) is 5.26 Å². The molecular weight excluding hydrogens is 321 g/mol. The molecule has 1 aromatic carbocycles. The van der Waals surface area contributed by atoms with Gasteiger partial charge in [0, 0.05) is 16.7 Å². The quantitative estimate of drug-likeness (QED) is 0.920. The zero-order valence-electron chi connectivity index (χ0n) is 11.2. The molecule has 0 bridgehead atoms. The van der Waals surface area contributed by atoms with Gasteiger partial charge in [0.25, 0.3) is 0 Å². The standard InChI is InChI=1S/C15H13BrFN3/c1-9-5-15(13(7-18)10(2)20-9)19-8-11-6-12(17)3-4-14(11)16/h3-6H,8H2,1-2H3,(H,19,20). The Morgan fingerprint density at radius 3 is 2.80 bits per heavy atom. The third kappa shape index (κ3) is 3.14. The van der Waals surface area contributed by atoms with E-state index in [1.165, 1.54) is 12.1 Å². The van der Waals surface area contributed by atoms with Crippen LogP contribution >= 0.6 is 15.9 Å². The molecule has 0 saturated carbocycles. The van der Waals surface area contributed by atoms with Crippen LogP contribution in [0.3, 0.4) is 0 Å². The molecule has 2 aromatic rings. The fraction of sp³-hybridized carbons (Fsp3) is 0.200. The molecule has 0 spiro atoms. The van der Waals surface area contributed by atoms with E-state index in [0.717, 1.165) is 15.7 Å². The lowest BCUT2D eigenvalue weighted by Gasteiger charge is -2.12. The molecule has 0 aliphatic rings. The molecule has 0 aliphatic heterocycles. The second-order valence-electron chi connectivity index (χ2n) is 4.47. The first-order chi connectivity index (χ1) is 9.51. The lowest BCUT2D eigenvalue weighted by molar-refractivity contribution is 0.625. The SMILES string of the molecule is Cc1cc(NCc2cc(F)ccc2Br)c(C#N)c(C)n1. The zero-order valence-corrected chi connectivity index (χ0v) is 12.8. The van der Waals surface area contributed by atoms with E-state index in [0.29, 0.717) is 23.5 Å². The Kier molecular flexibility index (Phi) is 4.35. The number of aryl methyl sites for hydroxylation is 2. The molecule has 0 fully saturated rings. The number of nitriles is 1. The summed E-state index contributed by atoms with van der Waals surface area (Å²) < 4.78 is 14.1. The molecule has 0 aliphatic carbocycles. The van der Waals surface area contributed by atoms with Crippen LogP contribution in [0.2, 0.25) is 0 Å². The van der Waals surface area contributed by atoms with Crippen molar-refractivity contribution in [3.8, 4) is 6.07 Å². The van der Waals surface area contributed by atoms with Crippen molar-refractivity contribution in [2.75, 3.05) is 5.32 Å². The highest BCUT2D eigenvalue weighted by Crippen LogP contribution is 2.22. The zero-order chi connectivity index (χ0) is 14.7. The molecule has 20 heavy (non-hydrogen) atoms. The van der Waals surface area contributed by atoms with Crippen LogP contribution in [0.15, 0.2) is 28.7 Å². The van der Waals surface area contributed by atoms with Gasteiger partial charge in [-0.25, -0.2) is 4.39 Å². The van der Waals surface area contributed by atoms with Crippen LogP contribution in [0.25, 0.3) is 0 Å². The third-order valence-corrected chi connectivity index (χ3v) is 3.69. The van der Waals surface area contributed by atoms with Gasteiger partial charge >= 0.3 is 0 Å². The van der Waals surface area contributed by atoms with E-state index in [9.17, 15) is 9.65 Å². The Labute approximate surface area is 125 Å². The van der Waals surface area contributed by atoms with Gasteiger partial charge in [0.1, 0.15) is 11.9 Å². The normalized spacial score (nSPS) is 10.2. The van der Waals surface area contributed by atoms with Crippen LogP contribution in [-0.4, -0.2) is 4.98 Å². The Morgan fingerprint density at radius 2 is 2.10 bits per heavy atom. The highest BCUT2D eigenvalue weighted by atomic mass is 79.9. The minimum atomic E-state index is -0.285. The van der Waals surface area contributed by atoms with Gasteiger partial charge in [-0.05, 0) is 43.7 Å². The van der Waals surface area contributed by atoms with Crippen molar-refractivity contribution < 1.29 is 4.39 Å². The molecule has 0 radical (unpaired) electrons. The van der Waals surface area contributed by atoms with Crippen molar-refractivity contribution in [2.24, 2.45) is 0 Å². The number of hydrogen-bond acceptors (Lipinski definition) is 3. The predicted octanol–water partition coefficient (Wildman–Crippen LogP) is 4.08. The Hall–Kier alpha value is -1.93. The van der Waals surface area contributed by atoms with E-state index < -0.39 is 0 Å². The molecular formula is C15H13BrFN3. The molecule has 2 rings (SSSR count). The summed E-state index contributed by atoms with van der Waals surface area (Å²) in [5.74, 6) is -0.285. The number of aromatic nitrogens is 1. The van der Waals surface area contributed by atoms with Crippen LogP contribution in [0.5, 0.6) is 0 Å². The van der Waals surface area contributed by atoms with E-state index in [4.69, 9.17) is 0 Å². The van der Waals surface area contributed by atoms with Crippen molar-refractivity contribution >= 4 is 21.6 Å². The lowest BCUT2D eigenvalue weighted by Crippen LogP contribution is -2.05. The summed E-state index contributed by atoms with van der Waals surface area (Å²) in [4.78, 5) is 4.26. The highest BCUT2D eigenvalue weighted by molar-refractivity contribution is 9.10. The summed E-state index contributed by atoms with van der Waals surface area (Å²) in [6.07, 6.45) is 0. The number of nitrogens with one attached hydrogen (secondary N) is 1. The Morgan fingerprint density at radius 1 is 1.35 bits per heavy atom. The first kappa shape index (κ1) is 14.5. The smallest absolute Gasteiger partial charge is 0.123 e. The lowest BCUT2D eigenvalue weighted by atomic mass is 10.1. The van der Waals surface area contributed by atoms with E-state index in [1.807, 2.05) is 13.0 Å². The summed E-state index contributed by atoms with van der Waals surface area (Å²) in [6, 6.07) is 8.49. The number of hydrogen-bond donors (Lipinski definition) is 1. The first-order valence-electron chi connectivity index (χ1n) is 6.07. The van der Waals surface area contributed by atoms with Crippen molar-refractivity contribution in [3.05, 3.63) is 57.1 Å². The second-order valence-corrected chi connectivity index (χ2v) is 5.33. The van der Waals surface area contributed by atoms with Gasteiger partial charge in [-0.3, -0.25) is 4.98 Å². The van der Waals surface area contributed by atoms with Crippen molar-refractivity contribution in [3.63, 3.8) is 0 Å². The molecule has 0 saturated heterocycles. The van der Waals surface area contributed by atoms with Gasteiger partial charge in [0.15, 0.2) is 0 Å². The fourth-order valence-corrected chi connectivity index (χ4v) is 2.37. The molecule has 1 aromatic heterocycles. The molecule has 0 amide bonds. The van der Waals surface area contributed by atoms with E-state index in [2.05, 4.69) is 32.3 Å². The molecule has 0 unspecified atom stereocenters. The number of anilines is 1. The maximum atomic E-state index is 13.2. The van der Waals surface area contributed by atoms with Crippen molar-refractivity contribution in [2.45, 2.75) is 20.4 Å². The maximum absolute atomic E-state index is 13.2. The number of halogens is 2. The van der Waals surface area contributed by atoms with Gasteiger partial charge in [-0.2, -0.15) is 5.26 Å². The van der Waals surface area contributed by atoms with Crippen LogP contribution in [0, 0.1) is 31.0 Å². The minimum Gasteiger partial charge on any atom is -0.380 e. The van der Waals surface area contributed by atoms with E-state index >= 15 is 0 Å². The maximum Gasteiger partial charge on any atom is 0.123 e. The van der Waals surface area contributed by atoms with Gasteiger partial charge in [0.2, 0.25) is 0 Å². The summed E-state index contributed by atoms with van der Waals surface area (Å²) in [7, 11) is 0. The highest BCUT2D eigenvalue weighted by Gasteiger charge is 2.09. The molecule has 102 valence electrons. The van der Waals surface area contributed by atoms with Gasteiger partial charge in [-0.15, -0.1) is 0 Å². The number of pyridine rings is 1. The summed E-state index contributed by atoms with van der Waals surface area (Å²) in [5, 5.41) is 12.4. The molecule has 5 heteroatoms. The Balaban J connectivity index is 2.27. The molecule has 1 N–H and O–H groups in total. The van der Waals surface area contributed by atoms with Crippen LogP contribution in [0.1, 0.15) is 22.5 Å². The van der Waals surface area contributed by atoms with Gasteiger partial charge in [-0.1, -0.05) is 15.9 Å². The molecule has 1 heterocycles. The average molecular weight is 334 g/mol. The van der Waals surface area contributed by atoms with Gasteiger partial charge < -0.3 is 5.32 Å². The van der Waals surface area contributed by atoms with Crippen LogP contribution in [0.4, 0.5) is 10.1 Å². The number of nitrogens with zero attached hydrogens (tertiary/aromatic N) is 2. The van der Waals surface area contributed by atoms with Crippen molar-refractivity contribution in [1.82, 2.24) is 4.98 Å².